The zero-order chi connectivity index (χ0) is 9.80. The van der Waals surface area contributed by atoms with Crippen molar-refractivity contribution in [3.05, 3.63) is 0 Å². The standard InChI is InChI=1S/C13H25N/c1-11-5-7-12(8-6-11)10-13-4-2-3-9-14-13/h11-14H,2-10H2,1H3/t11?,12?,13-/m1/s1. The van der Waals surface area contributed by atoms with Crippen molar-refractivity contribution < 1.29 is 0 Å². The van der Waals surface area contributed by atoms with Crippen molar-refractivity contribution in [3.63, 3.8) is 0 Å². The molecule has 0 aromatic carbocycles. The fourth-order valence-corrected chi connectivity index (χ4v) is 3.09. The Hall–Kier alpha value is -0.0400. The Balaban J connectivity index is 1.68. The van der Waals surface area contributed by atoms with E-state index >= 15 is 0 Å². The van der Waals surface area contributed by atoms with E-state index in [0.29, 0.717) is 0 Å². The molecule has 0 unspecified atom stereocenters. The molecule has 2 rings (SSSR count). The maximum Gasteiger partial charge on any atom is 0.00697 e. The summed E-state index contributed by atoms with van der Waals surface area (Å²) in [5.74, 6) is 2.05. The van der Waals surface area contributed by atoms with Crippen LogP contribution in [0, 0.1) is 11.8 Å². The van der Waals surface area contributed by atoms with E-state index in [2.05, 4.69) is 12.2 Å². The van der Waals surface area contributed by atoms with Crippen molar-refractivity contribution >= 4 is 0 Å². The molecule has 1 aliphatic heterocycles. The Labute approximate surface area is 88.7 Å². The van der Waals surface area contributed by atoms with Crippen LogP contribution < -0.4 is 5.32 Å². The first-order valence-electron chi connectivity index (χ1n) is 6.58. The van der Waals surface area contributed by atoms with E-state index < -0.39 is 0 Å². The van der Waals surface area contributed by atoms with Crippen molar-refractivity contribution in [2.24, 2.45) is 11.8 Å². The predicted octanol–water partition coefficient (Wildman–Crippen LogP) is 3.34. The number of hydrogen-bond acceptors (Lipinski definition) is 1. The molecule has 1 nitrogen and oxygen atoms in total. The minimum absolute atomic E-state index is 0.863. The minimum atomic E-state index is 0.863. The molecule has 1 aliphatic carbocycles. The lowest BCUT2D eigenvalue weighted by molar-refractivity contribution is 0.239. The van der Waals surface area contributed by atoms with Crippen molar-refractivity contribution in [1.29, 1.82) is 0 Å². The molecule has 0 amide bonds. The largest absolute Gasteiger partial charge is 0.314 e. The van der Waals surface area contributed by atoms with Crippen molar-refractivity contribution in [2.45, 2.75) is 64.3 Å². The van der Waals surface area contributed by atoms with Gasteiger partial charge in [-0.3, -0.25) is 0 Å². The van der Waals surface area contributed by atoms with Crippen molar-refractivity contribution in [3.8, 4) is 0 Å². The maximum absolute atomic E-state index is 3.68. The highest BCUT2D eigenvalue weighted by atomic mass is 14.9. The third-order valence-corrected chi connectivity index (χ3v) is 4.17. The molecule has 0 radical (unpaired) electrons. The summed E-state index contributed by atoms with van der Waals surface area (Å²) in [4.78, 5) is 0. The lowest BCUT2D eigenvalue weighted by Gasteiger charge is -2.31. The lowest BCUT2D eigenvalue weighted by atomic mass is 9.79. The Morgan fingerprint density at radius 3 is 2.43 bits per heavy atom. The molecule has 0 spiro atoms. The molecular weight excluding hydrogens is 170 g/mol. The number of nitrogens with one attached hydrogen (secondary N) is 1. The monoisotopic (exact) mass is 195 g/mol. The van der Waals surface area contributed by atoms with E-state index in [-0.39, 0.29) is 0 Å². The van der Waals surface area contributed by atoms with Crippen LogP contribution in [0.3, 0.4) is 0 Å². The van der Waals surface area contributed by atoms with E-state index in [1.165, 1.54) is 57.9 Å². The summed E-state index contributed by atoms with van der Waals surface area (Å²) in [5, 5.41) is 3.68. The van der Waals surface area contributed by atoms with Gasteiger partial charge in [-0.2, -0.15) is 0 Å². The molecule has 82 valence electrons. The normalized spacial score (nSPS) is 39.6. The fraction of sp³-hybridized carbons (Fsp3) is 1.00. The minimum Gasteiger partial charge on any atom is -0.314 e. The smallest absolute Gasteiger partial charge is 0.00697 e. The molecule has 14 heavy (non-hydrogen) atoms. The number of hydrogen-bond donors (Lipinski definition) is 1. The van der Waals surface area contributed by atoms with Gasteiger partial charge in [0, 0.05) is 6.04 Å². The summed E-state index contributed by atoms with van der Waals surface area (Å²) in [7, 11) is 0. The van der Waals surface area contributed by atoms with Gasteiger partial charge in [-0.15, -0.1) is 0 Å². The van der Waals surface area contributed by atoms with Gasteiger partial charge in [0.25, 0.3) is 0 Å². The quantitative estimate of drug-likeness (QED) is 0.712. The summed E-state index contributed by atoms with van der Waals surface area (Å²) in [6.07, 6.45) is 11.7. The average Bonchev–Trinajstić information content (AvgIpc) is 2.23. The molecule has 0 bridgehead atoms. The highest BCUT2D eigenvalue weighted by molar-refractivity contribution is 4.78. The summed E-state index contributed by atoms with van der Waals surface area (Å²) >= 11 is 0. The molecule has 0 aromatic rings. The molecule has 1 atom stereocenters. The first-order chi connectivity index (χ1) is 6.84. The van der Waals surface area contributed by atoms with Gasteiger partial charge in [0.1, 0.15) is 0 Å². The van der Waals surface area contributed by atoms with Gasteiger partial charge < -0.3 is 5.32 Å². The third-order valence-electron chi connectivity index (χ3n) is 4.17. The van der Waals surface area contributed by atoms with E-state index in [1.807, 2.05) is 0 Å². The van der Waals surface area contributed by atoms with Crippen LogP contribution in [0.15, 0.2) is 0 Å². The molecule has 1 saturated heterocycles. The fourth-order valence-electron chi connectivity index (χ4n) is 3.09. The van der Waals surface area contributed by atoms with Gasteiger partial charge in [0.05, 0.1) is 0 Å². The summed E-state index contributed by atoms with van der Waals surface area (Å²) in [6.45, 7) is 3.68. The summed E-state index contributed by atoms with van der Waals surface area (Å²) in [5.41, 5.74) is 0. The summed E-state index contributed by atoms with van der Waals surface area (Å²) in [6, 6.07) is 0.863. The first kappa shape index (κ1) is 10.5. The van der Waals surface area contributed by atoms with Crippen LogP contribution in [0.2, 0.25) is 0 Å². The molecule has 0 aromatic heterocycles. The highest BCUT2D eigenvalue weighted by Crippen LogP contribution is 2.32. The summed E-state index contributed by atoms with van der Waals surface area (Å²) < 4.78 is 0. The van der Waals surface area contributed by atoms with Gasteiger partial charge >= 0.3 is 0 Å². The van der Waals surface area contributed by atoms with Crippen LogP contribution >= 0.6 is 0 Å². The van der Waals surface area contributed by atoms with E-state index in [4.69, 9.17) is 0 Å². The van der Waals surface area contributed by atoms with Gasteiger partial charge in [0.15, 0.2) is 0 Å². The van der Waals surface area contributed by atoms with E-state index in [1.54, 1.807) is 0 Å². The van der Waals surface area contributed by atoms with Gasteiger partial charge in [-0.05, 0) is 37.6 Å². The molecule has 2 fully saturated rings. The second kappa shape index (κ2) is 5.16. The van der Waals surface area contributed by atoms with Crippen LogP contribution in [0.1, 0.15) is 58.3 Å². The predicted molar refractivity (Wildman–Crippen MR) is 61.4 cm³/mol. The topological polar surface area (TPSA) is 12.0 Å². The van der Waals surface area contributed by atoms with Crippen LogP contribution in [-0.4, -0.2) is 12.6 Å². The van der Waals surface area contributed by atoms with Gasteiger partial charge in [-0.1, -0.05) is 39.0 Å². The maximum atomic E-state index is 3.68. The highest BCUT2D eigenvalue weighted by Gasteiger charge is 2.22. The van der Waals surface area contributed by atoms with Crippen LogP contribution in [0.25, 0.3) is 0 Å². The first-order valence-corrected chi connectivity index (χ1v) is 6.58. The van der Waals surface area contributed by atoms with Crippen LogP contribution in [0.5, 0.6) is 0 Å². The van der Waals surface area contributed by atoms with Crippen molar-refractivity contribution in [2.75, 3.05) is 6.54 Å². The number of piperidine rings is 1. The second-order valence-electron chi connectivity index (χ2n) is 5.51. The third kappa shape index (κ3) is 2.98. The average molecular weight is 195 g/mol. The molecule has 1 heteroatoms. The van der Waals surface area contributed by atoms with E-state index in [0.717, 1.165) is 17.9 Å². The zero-order valence-electron chi connectivity index (χ0n) is 9.60. The molecule has 1 heterocycles. The van der Waals surface area contributed by atoms with Gasteiger partial charge in [-0.25, -0.2) is 0 Å². The number of rotatable bonds is 2. The molecule has 1 saturated carbocycles. The van der Waals surface area contributed by atoms with E-state index in [9.17, 15) is 0 Å². The Bertz CT molecular complexity index is 153. The zero-order valence-corrected chi connectivity index (χ0v) is 9.60. The van der Waals surface area contributed by atoms with Crippen LogP contribution in [0.4, 0.5) is 0 Å². The van der Waals surface area contributed by atoms with Crippen molar-refractivity contribution in [1.82, 2.24) is 5.32 Å². The SMILES string of the molecule is CC1CCC(C[C@H]2CCCCN2)CC1. The molecule has 1 N–H and O–H groups in total. The molecular formula is C13H25N. The Kier molecular flexibility index (Phi) is 3.86. The Morgan fingerprint density at radius 1 is 1.00 bits per heavy atom. The second-order valence-corrected chi connectivity index (χ2v) is 5.51. The van der Waals surface area contributed by atoms with Crippen LogP contribution in [-0.2, 0) is 0 Å². The Morgan fingerprint density at radius 2 is 1.79 bits per heavy atom. The molecule has 2 aliphatic rings. The lowest BCUT2D eigenvalue weighted by Crippen LogP contribution is -2.36. The van der Waals surface area contributed by atoms with Gasteiger partial charge in [0.2, 0.25) is 0 Å².